The SMILES string of the molecule is O=C(OCc1ccccc1)N1CC(=C2CN(S(=O)(=O)c3cnc4c(c3)OCCO4)C2)C1. The Morgan fingerprint density at radius 3 is 2.52 bits per heavy atom. The lowest BCUT2D eigenvalue weighted by atomic mass is 9.97. The number of hydrogen-bond acceptors (Lipinski definition) is 7. The zero-order valence-electron chi connectivity index (χ0n) is 16.7. The summed E-state index contributed by atoms with van der Waals surface area (Å²) >= 11 is 0. The molecule has 1 aromatic carbocycles. The average molecular weight is 443 g/mol. The predicted octanol–water partition coefficient (Wildman–Crippen LogP) is 1.81. The molecule has 0 aliphatic carbocycles. The van der Waals surface area contributed by atoms with Gasteiger partial charge in [-0.15, -0.1) is 0 Å². The number of ether oxygens (including phenoxy) is 3. The first kappa shape index (κ1) is 19.8. The van der Waals surface area contributed by atoms with Crippen LogP contribution in [0.15, 0.2) is 58.6 Å². The number of nitrogens with zero attached hydrogens (tertiary/aromatic N) is 3. The lowest BCUT2D eigenvalue weighted by molar-refractivity contribution is 0.0894. The lowest BCUT2D eigenvalue weighted by Crippen LogP contribution is -2.51. The zero-order chi connectivity index (χ0) is 21.4. The predicted molar refractivity (Wildman–Crippen MR) is 109 cm³/mol. The summed E-state index contributed by atoms with van der Waals surface area (Å²) in [7, 11) is -3.66. The van der Waals surface area contributed by atoms with Gasteiger partial charge < -0.3 is 19.1 Å². The molecule has 31 heavy (non-hydrogen) atoms. The number of amides is 1. The van der Waals surface area contributed by atoms with Crippen LogP contribution < -0.4 is 9.47 Å². The minimum absolute atomic E-state index is 0.0838. The van der Waals surface area contributed by atoms with Crippen molar-refractivity contribution in [3.63, 3.8) is 0 Å². The molecule has 10 heteroatoms. The molecular weight excluding hydrogens is 422 g/mol. The normalized spacial score (nSPS) is 18.3. The van der Waals surface area contributed by atoms with Crippen LogP contribution in [-0.2, 0) is 21.4 Å². The standard InChI is InChI=1S/C21H21N3O6S/c25-21(30-14-15-4-2-1-3-5-15)23-10-16(11-23)17-12-24(13-17)31(26,27)18-8-19-20(22-9-18)29-7-6-28-19/h1-5,8-9H,6-7,10-14H2. The number of sulfonamides is 1. The third-order valence-electron chi connectivity index (χ3n) is 5.47. The molecule has 3 aliphatic rings. The molecule has 0 atom stereocenters. The maximum Gasteiger partial charge on any atom is 0.410 e. The van der Waals surface area contributed by atoms with Gasteiger partial charge in [0.2, 0.25) is 10.0 Å². The van der Waals surface area contributed by atoms with E-state index in [0.29, 0.717) is 51.0 Å². The molecule has 2 aromatic rings. The second kappa shape index (κ2) is 7.86. The Bertz CT molecular complexity index is 1130. The second-order valence-corrected chi connectivity index (χ2v) is 9.49. The number of pyridine rings is 1. The van der Waals surface area contributed by atoms with Crippen molar-refractivity contribution in [2.45, 2.75) is 11.5 Å². The van der Waals surface area contributed by atoms with Gasteiger partial charge in [0.25, 0.3) is 5.88 Å². The molecule has 0 unspecified atom stereocenters. The largest absolute Gasteiger partial charge is 0.484 e. The Hall–Kier alpha value is -3.11. The second-order valence-electron chi connectivity index (χ2n) is 7.55. The van der Waals surface area contributed by atoms with Crippen molar-refractivity contribution in [3.05, 3.63) is 59.3 Å². The van der Waals surface area contributed by atoms with Crippen LogP contribution in [0.25, 0.3) is 0 Å². The molecule has 0 saturated carbocycles. The van der Waals surface area contributed by atoms with Crippen LogP contribution in [0.2, 0.25) is 0 Å². The van der Waals surface area contributed by atoms with Gasteiger partial charge >= 0.3 is 6.09 Å². The fourth-order valence-electron chi connectivity index (χ4n) is 3.56. The molecule has 2 fully saturated rings. The molecule has 0 radical (unpaired) electrons. The van der Waals surface area contributed by atoms with Gasteiger partial charge in [0.1, 0.15) is 24.7 Å². The molecule has 3 aliphatic heterocycles. The highest BCUT2D eigenvalue weighted by atomic mass is 32.2. The highest BCUT2D eigenvalue weighted by Crippen LogP contribution is 2.34. The molecule has 0 bridgehead atoms. The number of carbonyl (C=O) groups is 1. The summed E-state index contributed by atoms with van der Waals surface area (Å²) in [5.74, 6) is 0.653. The van der Waals surface area contributed by atoms with E-state index in [2.05, 4.69) is 4.98 Å². The summed E-state index contributed by atoms with van der Waals surface area (Å²) in [6.07, 6.45) is 0.932. The molecule has 2 saturated heterocycles. The van der Waals surface area contributed by atoms with Crippen LogP contribution in [0, 0.1) is 0 Å². The van der Waals surface area contributed by atoms with Crippen LogP contribution in [0.4, 0.5) is 4.79 Å². The van der Waals surface area contributed by atoms with Gasteiger partial charge in [-0.25, -0.2) is 18.2 Å². The van der Waals surface area contributed by atoms with E-state index < -0.39 is 10.0 Å². The Morgan fingerprint density at radius 1 is 1.03 bits per heavy atom. The molecular formula is C21H21N3O6S. The van der Waals surface area contributed by atoms with E-state index in [-0.39, 0.29) is 17.6 Å². The van der Waals surface area contributed by atoms with Gasteiger partial charge in [0, 0.05) is 32.2 Å². The lowest BCUT2D eigenvalue weighted by Gasteiger charge is -2.41. The average Bonchev–Trinajstić information content (AvgIpc) is 2.72. The topological polar surface area (TPSA) is 98.3 Å². The van der Waals surface area contributed by atoms with Gasteiger partial charge in [-0.05, 0) is 16.7 Å². The van der Waals surface area contributed by atoms with Gasteiger partial charge in [-0.2, -0.15) is 4.31 Å². The molecule has 9 nitrogen and oxygen atoms in total. The van der Waals surface area contributed by atoms with Crippen molar-refractivity contribution < 1.29 is 27.4 Å². The van der Waals surface area contributed by atoms with E-state index in [4.69, 9.17) is 14.2 Å². The van der Waals surface area contributed by atoms with Crippen molar-refractivity contribution >= 4 is 16.1 Å². The van der Waals surface area contributed by atoms with Crippen LogP contribution >= 0.6 is 0 Å². The van der Waals surface area contributed by atoms with Crippen molar-refractivity contribution in [2.75, 3.05) is 39.4 Å². The third-order valence-corrected chi connectivity index (χ3v) is 7.23. The van der Waals surface area contributed by atoms with E-state index in [9.17, 15) is 13.2 Å². The minimum atomic E-state index is -3.66. The molecule has 1 amide bonds. The number of rotatable bonds is 4. The van der Waals surface area contributed by atoms with Gasteiger partial charge in [0.15, 0.2) is 5.75 Å². The summed E-state index contributed by atoms with van der Waals surface area (Å²) in [5.41, 5.74) is 3.06. The number of aromatic nitrogens is 1. The molecule has 4 heterocycles. The summed E-state index contributed by atoms with van der Waals surface area (Å²) in [5, 5.41) is 0. The van der Waals surface area contributed by atoms with E-state index >= 15 is 0 Å². The summed E-state index contributed by atoms with van der Waals surface area (Å²) < 4.78 is 43.2. The van der Waals surface area contributed by atoms with Crippen LogP contribution in [-0.4, -0.2) is 68.1 Å². The Morgan fingerprint density at radius 2 is 1.74 bits per heavy atom. The Balaban J connectivity index is 1.15. The molecule has 1 aromatic heterocycles. The van der Waals surface area contributed by atoms with Gasteiger partial charge in [0.05, 0.1) is 6.20 Å². The number of fused-ring (bicyclic) bond motifs is 1. The summed E-state index contributed by atoms with van der Waals surface area (Å²) in [4.78, 5) is 17.9. The number of likely N-dealkylation sites (tertiary alicyclic amines) is 1. The first-order valence-corrected chi connectivity index (χ1v) is 11.4. The number of carbonyl (C=O) groups excluding carboxylic acids is 1. The molecule has 0 N–H and O–H groups in total. The smallest absolute Gasteiger partial charge is 0.410 e. The minimum Gasteiger partial charge on any atom is -0.484 e. The van der Waals surface area contributed by atoms with Crippen molar-refractivity contribution in [1.82, 2.24) is 14.2 Å². The summed E-state index contributed by atoms with van der Waals surface area (Å²) in [6.45, 7) is 2.58. The highest BCUT2D eigenvalue weighted by molar-refractivity contribution is 7.89. The van der Waals surface area contributed by atoms with Gasteiger partial charge in [-0.1, -0.05) is 30.3 Å². The molecule has 162 valence electrons. The number of benzene rings is 1. The fraction of sp³-hybridized carbons (Fsp3) is 0.333. The first-order chi connectivity index (χ1) is 15.0. The van der Waals surface area contributed by atoms with Crippen LogP contribution in [0.1, 0.15) is 5.56 Å². The van der Waals surface area contributed by atoms with E-state index in [1.165, 1.54) is 16.6 Å². The van der Waals surface area contributed by atoms with Crippen molar-refractivity contribution in [2.24, 2.45) is 0 Å². The molecule has 5 rings (SSSR count). The van der Waals surface area contributed by atoms with Gasteiger partial charge in [-0.3, -0.25) is 0 Å². The maximum absolute atomic E-state index is 12.8. The molecule has 0 spiro atoms. The first-order valence-electron chi connectivity index (χ1n) is 9.92. The summed E-state index contributed by atoms with van der Waals surface area (Å²) in [6, 6.07) is 11.0. The Kier molecular flexibility index (Phi) is 5.03. The maximum atomic E-state index is 12.8. The van der Waals surface area contributed by atoms with E-state index in [1.54, 1.807) is 4.90 Å². The monoisotopic (exact) mass is 443 g/mol. The third kappa shape index (κ3) is 3.84. The van der Waals surface area contributed by atoms with Crippen LogP contribution in [0.3, 0.4) is 0 Å². The van der Waals surface area contributed by atoms with Crippen molar-refractivity contribution in [1.29, 1.82) is 0 Å². The quantitative estimate of drug-likeness (QED) is 0.665. The van der Waals surface area contributed by atoms with E-state index in [1.807, 2.05) is 30.3 Å². The van der Waals surface area contributed by atoms with E-state index in [0.717, 1.165) is 16.7 Å². The van der Waals surface area contributed by atoms with Crippen molar-refractivity contribution in [3.8, 4) is 11.6 Å². The zero-order valence-corrected chi connectivity index (χ0v) is 17.5. The van der Waals surface area contributed by atoms with Crippen LogP contribution in [0.5, 0.6) is 11.6 Å². The Labute approximate surface area is 179 Å². The highest BCUT2D eigenvalue weighted by Gasteiger charge is 2.38. The fourth-order valence-corrected chi connectivity index (χ4v) is 4.95. The number of hydrogen-bond donors (Lipinski definition) is 0.